The number of carbonyl (C=O) groups is 1. The lowest BCUT2D eigenvalue weighted by Gasteiger charge is -2.28. The molecular weight excluding hydrogens is 396 g/mol. The van der Waals surface area contributed by atoms with Crippen LogP contribution in [0.25, 0.3) is 0 Å². The van der Waals surface area contributed by atoms with E-state index in [9.17, 15) is 4.79 Å². The third-order valence-electron chi connectivity index (χ3n) is 3.25. The first kappa shape index (κ1) is 23.0. The van der Waals surface area contributed by atoms with E-state index in [4.69, 9.17) is 9.47 Å². The van der Waals surface area contributed by atoms with E-state index < -0.39 is 0 Å². The van der Waals surface area contributed by atoms with Crippen LogP contribution in [0.3, 0.4) is 0 Å². The molecule has 0 aliphatic rings. The second kappa shape index (κ2) is 10.1. The Kier molecular flexibility index (Phi) is 9.70. The molecule has 7 heteroatoms. The van der Waals surface area contributed by atoms with Gasteiger partial charge < -0.3 is 19.7 Å². The zero-order valence-electron chi connectivity index (χ0n) is 15.2. The third-order valence-corrected chi connectivity index (χ3v) is 3.84. The van der Waals surface area contributed by atoms with Crippen LogP contribution in [0.15, 0.2) is 16.6 Å². The molecule has 0 unspecified atom stereocenters. The minimum absolute atomic E-state index is 0. The van der Waals surface area contributed by atoms with Crippen molar-refractivity contribution >= 4 is 34.2 Å². The molecule has 1 aromatic rings. The molecular formula is C17H28BrClN2O3. The molecule has 0 aliphatic carbocycles. The summed E-state index contributed by atoms with van der Waals surface area (Å²) in [5.74, 6) is 1.03. The van der Waals surface area contributed by atoms with Crippen molar-refractivity contribution in [2.75, 3.05) is 40.9 Å². The number of nitrogens with one attached hydrogen (secondary N) is 1. The Bertz CT molecular complexity index is 551. The highest BCUT2D eigenvalue weighted by Gasteiger charge is 2.21. The van der Waals surface area contributed by atoms with Crippen molar-refractivity contribution in [3.05, 3.63) is 22.2 Å². The summed E-state index contributed by atoms with van der Waals surface area (Å²) < 4.78 is 11.6. The predicted octanol–water partition coefficient (Wildman–Crippen LogP) is 3.60. The van der Waals surface area contributed by atoms with Gasteiger partial charge in [-0.2, -0.15) is 0 Å². The van der Waals surface area contributed by atoms with Crippen LogP contribution in [-0.4, -0.2) is 51.7 Å². The zero-order chi connectivity index (χ0) is 17.6. The Hall–Kier alpha value is -0.980. The van der Waals surface area contributed by atoms with Crippen LogP contribution in [0.4, 0.5) is 0 Å². The molecule has 1 aromatic carbocycles. The second-order valence-electron chi connectivity index (χ2n) is 6.51. The van der Waals surface area contributed by atoms with E-state index in [0.717, 1.165) is 6.54 Å². The predicted molar refractivity (Wildman–Crippen MR) is 104 cm³/mol. The van der Waals surface area contributed by atoms with E-state index in [0.29, 0.717) is 34.7 Å². The highest BCUT2D eigenvalue weighted by molar-refractivity contribution is 9.10. The van der Waals surface area contributed by atoms with Crippen molar-refractivity contribution in [3.8, 4) is 11.5 Å². The van der Waals surface area contributed by atoms with Gasteiger partial charge in [0.25, 0.3) is 5.91 Å². The summed E-state index contributed by atoms with van der Waals surface area (Å²) in [5, 5.41) is 2.99. The smallest absolute Gasteiger partial charge is 0.251 e. The lowest BCUT2D eigenvalue weighted by atomic mass is 9.93. The highest BCUT2D eigenvalue weighted by atomic mass is 79.9. The Morgan fingerprint density at radius 1 is 1.33 bits per heavy atom. The molecule has 0 fully saturated rings. The van der Waals surface area contributed by atoms with Crippen molar-refractivity contribution in [3.63, 3.8) is 0 Å². The van der Waals surface area contributed by atoms with E-state index >= 15 is 0 Å². The molecule has 0 aromatic heterocycles. The van der Waals surface area contributed by atoms with Gasteiger partial charge >= 0.3 is 0 Å². The van der Waals surface area contributed by atoms with Crippen LogP contribution in [0.2, 0.25) is 0 Å². The summed E-state index contributed by atoms with van der Waals surface area (Å²) in [5.41, 5.74) is 0.531. The molecule has 0 aliphatic heterocycles. The fourth-order valence-corrected chi connectivity index (χ4v) is 3.03. The van der Waals surface area contributed by atoms with Gasteiger partial charge in [0.2, 0.25) is 0 Å². The fraction of sp³-hybridized carbons (Fsp3) is 0.588. The summed E-state index contributed by atoms with van der Waals surface area (Å²) in [7, 11) is 5.61. The Morgan fingerprint density at radius 2 is 1.96 bits per heavy atom. The standard InChI is InChI=1S/C17H27BrN2O3.ClH/c1-7-23-15-13(18)8-12(9-14(15)22-6)16(21)19-10-17(2,3)11-20(4)5;/h8-9H,7,10-11H2,1-6H3,(H,19,21);1H. The maximum atomic E-state index is 12.4. The lowest BCUT2D eigenvalue weighted by Crippen LogP contribution is -2.40. The number of hydrogen-bond acceptors (Lipinski definition) is 4. The van der Waals surface area contributed by atoms with Gasteiger partial charge in [-0.15, -0.1) is 12.4 Å². The van der Waals surface area contributed by atoms with Gasteiger partial charge in [0.15, 0.2) is 11.5 Å². The molecule has 0 spiro atoms. The summed E-state index contributed by atoms with van der Waals surface area (Å²) in [4.78, 5) is 14.5. The van der Waals surface area contributed by atoms with Crippen molar-refractivity contribution in [1.82, 2.24) is 10.2 Å². The molecule has 1 rings (SSSR count). The van der Waals surface area contributed by atoms with Crippen LogP contribution in [-0.2, 0) is 0 Å². The number of rotatable bonds is 8. The number of nitrogens with zero attached hydrogens (tertiary/aromatic N) is 1. The highest BCUT2D eigenvalue weighted by Crippen LogP contribution is 2.36. The SMILES string of the molecule is CCOc1c(Br)cc(C(=O)NCC(C)(C)CN(C)C)cc1OC.Cl. The Balaban J connectivity index is 0.00000529. The largest absolute Gasteiger partial charge is 0.493 e. The van der Waals surface area contributed by atoms with E-state index in [1.54, 1.807) is 19.2 Å². The molecule has 0 saturated heterocycles. The first-order valence-corrected chi connectivity index (χ1v) is 8.42. The Labute approximate surface area is 159 Å². The van der Waals surface area contributed by atoms with E-state index in [1.165, 1.54) is 0 Å². The van der Waals surface area contributed by atoms with Crippen LogP contribution in [0.5, 0.6) is 11.5 Å². The van der Waals surface area contributed by atoms with Crippen molar-refractivity contribution < 1.29 is 14.3 Å². The molecule has 0 radical (unpaired) electrons. The van der Waals surface area contributed by atoms with Crippen LogP contribution < -0.4 is 14.8 Å². The Morgan fingerprint density at radius 3 is 2.46 bits per heavy atom. The molecule has 0 bridgehead atoms. The average molecular weight is 424 g/mol. The van der Waals surface area contributed by atoms with Gasteiger partial charge in [-0.1, -0.05) is 13.8 Å². The second-order valence-corrected chi connectivity index (χ2v) is 7.36. The summed E-state index contributed by atoms with van der Waals surface area (Å²) >= 11 is 3.44. The summed E-state index contributed by atoms with van der Waals surface area (Å²) in [6, 6.07) is 3.45. The van der Waals surface area contributed by atoms with Gasteiger partial charge in [-0.05, 0) is 54.5 Å². The van der Waals surface area contributed by atoms with E-state index in [2.05, 4.69) is 40.0 Å². The van der Waals surface area contributed by atoms with Crippen molar-refractivity contribution in [2.24, 2.45) is 5.41 Å². The van der Waals surface area contributed by atoms with Crippen LogP contribution in [0.1, 0.15) is 31.1 Å². The zero-order valence-corrected chi connectivity index (χ0v) is 17.6. The molecule has 0 heterocycles. The lowest BCUT2D eigenvalue weighted by molar-refractivity contribution is 0.0928. The number of halogens is 2. The van der Waals surface area contributed by atoms with Gasteiger partial charge in [-0.3, -0.25) is 4.79 Å². The molecule has 5 nitrogen and oxygen atoms in total. The molecule has 138 valence electrons. The van der Waals surface area contributed by atoms with Crippen molar-refractivity contribution in [2.45, 2.75) is 20.8 Å². The topological polar surface area (TPSA) is 50.8 Å². The normalized spacial score (nSPS) is 11.0. The third kappa shape index (κ3) is 6.87. The van der Waals surface area contributed by atoms with Crippen LogP contribution in [0, 0.1) is 5.41 Å². The number of benzene rings is 1. The summed E-state index contributed by atoms with van der Waals surface area (Å²) in [6.07, 6.45) is 0. The van der Waals surface area contributed by atoms with Crippen molar-refractivity contribution in [1.29, 1.82) is 0 Å². The number of hydrogen-bond donors (Lipinski definition) is 1. The minimum Gasteiger partial charge on any atom is -0.493 e. The average Bonchev–Trinajstić information content (AvgIpc) is 2.45. The molecule has 1 N–H and O–H groups in total. The molecule has 0 atom stereocenters. The first-order chi connectivity index (χ1) is 10.7. The summed E-state index contributed by atoms with van der Waals surface area (Å²) in [6.45, 7) is 8.17. The van der Waals surface area contributed by atoms with Gasteiger partial charge in [0, 0.05) is 18.7 Å². The maximum absolute atomic E-state index is 12.4. The first-order valence-electron chi connectivity index (χ1n) is 7.63. The molecule has 24 heavy (non-hydrogen) atoms. The van der Waals surface area contributed by atoms with Gasteiger partial charge in [0.05, 0.1) is 18.2 Å². The quantitative estimate of drug-likeness (QED) is 0.694. The monoisotopic (exact) mass is 422 g/mol. The number of ether oxygens (including phenoxy) is 2. The van der Waals surface area contributed by atoms with E-state index in [1.807, 2.05) is 21.0 Å². The van der Waals surface area contributed by atoms with Crippen LogP contribution >= 0.6 is 28.3 Å². The minimum atomic E-state index is -0.126. The molecule has 1 amide bonds. The van der Waals surface area contributed by atoms with Gasteiger partial charge in [0.1, 0.15) is 0 Å². The maximum Gasteiger partial charge on any atom is 0.251 e. The number of amides is 1. The fourth-order valence-electron chi connectivity index (χ4n) is 2.47. The van der Waals surface area contributed by atoms with Gasteiger partial charge in [-0.25, -0.2) is 0 Å². The number of carbonyl (C=O) groups excluding carboxylic acids is 1. The molecule has 0 saturated carbocycles. The number of methoxy groups -OCH3 is 1. The van der Waals surface area contributed by atoms with E-state index in [-0.39, 0.29) is 23.7 Å².